The van der Waals surface area contributed by atoms with Gasteiger partial charge in [-0.05, 0) is 12.8 Å². The van der Waals surface area contributed by atoms with Crippen LogP contribution in [0.3, 0.4) is 0 Å². The Morgan fingerprint density at radius 1 is 1.18 bits per heavy atom. The number of unbranched alkanes of at least 4 members (excludes halogenated alkanes) is 1. The highest BCUT2D eigenvalue weighted by Crippen LogP contribution is 2.15. The van der Waals surface area contributed by atoms with Crippen LogP contribution in [0.25, 0.3) is 0 Å². The number of urea groups is 1. The van der Waals surface area contributed by atoms with E-state index in [-0.39, 0.29) is 6.03 Å². The van der Waals surface area contributed by atoms with Gasteiger partial charge in [0.25, 0.3) is 0 Å². The van der Waals surface area contributed by atoms with E-state index < -0.39 is 8.80 Å². The second kappa shape index (κ2) is 12.4. The molecule has 0 spiro atoms. The van der Waals surface area contributed by atoms with E-state index in [1.807, 2.05) is 0 Å². The Balaban J connectivity index is 4.40. The van der Waals surface area contributed by atoms with Crippen LogP contribution in [-0.4, -0.2) is 60.7 Å². The Kier molecular flexibility index (Phi) is 11.8. The lowest BCUT2D eigenvalue weighted by molar-refractivity contribution is 0.121. The van der Waals surface area contributed by atoms with Crippen molar-refractivity contribution in [2.75, 3.05) is 41.0 Å². The van der Waals surface area contributed by atoms with E-state index in [1.165, 1.54) is 0 Å². The summed E-state index contributed by atoms with van der Waals surface area (Å²) in [6.45, 7) is 3.70. The monoisotopic (exact) mass is 331 g/mol. The molecule has 0 unspecified atom stereocenters. The van der Waals surface area contributed by atoms with Gasteiger partial charge in [0.2, 0.25) is 0 Å². The van der Waals surface area contributed by atoms with Crippen LogP contribution in [-0.2, 0) is 13.3 Å². The van der Waals surface area contributed by atoms with Crippen molar-refractivity contribution in [1.29, 1.82) is 5.26 Å². The van der Waals surface area contributed by atoms with Crippen LogP contribution < -0.4 is 5.32 Å². The van der Waals surface area contributed by atoms with Gasteiger partial charge < -0.3 is 23.5 Å². The molecule has 0 saturated carbocycles. The molecule has 0 fully saturated rings. The SMILES string of the molecule is CCCCNC(=O)N(CCC#N)CCC[Si](OC)(OC)OC. The zero-order valence-corrected chi connectivity index (χ0v) is 15.2. The largest absolute Gasteiger partial charge is 0.500 e. The second-order valence-corrected chi connectivity index (χ2v) is 7.97. The maximum Gasteiger partial charge on any atom is 0.500 e. The van der Waals surface area contributed by atoms with Gasteiger partial charge in [-0.3, -0.25) is 0 Å². The van der Waals surface area contributed by atoms with E-state index >= 15 is 0 Å². The van der Waals surface area contributed by atoms with Crippen molar-refractivity contribution < 1.29 is 18.1 Å². The lowest BCUT2D eigenvalue weighted by Gasteiger charge is -2.26. The molecule has 0 atom stereocenters. The van der Waals surface area contributed by atoms with E-state index in [9.17, 15) is 4.79 Å². The van der Waals surface area contributed by atoms with Gasteiger partial charge in [-0.1, -0.05) is 13.3 Å². The first-order valence-corrected chi connectivity index (χ1v) is 9.57. The Morgan fingerprint density at radius 3 is 2.32 bits per heavy atom. The van der Waals surface area contributed by atoms with Crippen LogP contribution in [0.2, 0.25) is 6.04 Å². The van der Waals surface area contributed by atoms with Crippen LogP contribution in [0.5, 0.6) is 0 Å². The third-order valence-corrected chi connectivity index (χ3v) is 6.26. The van der Waals surface area contributed by atoms with Crippen LogP contribution in [0.4, 0.5) is 4.79 Å². The number of carbonyl (C=O) groups excluding carboxylic acids is 1. The predicted molar refractivity (Wildman–Crippen MR) is 86.3 cm³/mol. The van der Waals surface area contributed by atoms with Gasteiger partial charge in [-0.15, -0.1) is 0 Å². The lowest BCUT2D eigenvalue weighted by atomic mass is 10.3. The van der Waals surface area contributed by atoms with E-state index in [4.69, 9.17) is 18.5 Å². The fraction of sp³-hybridized carbons (Fsp3) is 0.857. The van der Waals surface area contributed by atoms with Gasteiger partial charge in [-0.2, -0.15) is 5.26 Å². The predicted octanol–water partition coefficient (Wildman–Crippen LogP) is 1.98. The highest BCUT2D eigenvalue weighted by molar-refractivity contribution is 6.60. The Bertz CT molecular complexity index is 337. The third-order valence-electron chi connectivity index (χ3n) is 3.43. The highest BCUT2D eigenvalue weighted by atomic mass is 28.4. The number of carbonyl (C=O) groups is 1. The number of amides is 2. The average molecular weight is 331 g/mol. The molecule has 128 valence electrons. The van der Waals surface area contributed by atoms with Crippen LogP contribution >= 0.6 is 0 Å². The number of hydrogen-bond acceptors (Lipinski definition) is 5. The number of hydrogen-bond donors (Lipinski definition) is 1. The molecule has 2 amide bonds. The summed E-state index contributed by atoms with van der Waals surface area (Å²) < 4.78 is 16.1. The molecule has 0 aromatic carbocycles. The fourth-order valence-electron chi connectivity index (χ4n) is 2.03. The van der Waals surface area contributed by atoms with Gasteiger partial charge in [0.15, 0.2) is 0 Å². The number of nitrogens with one attached hydrogen (secondary N) is 1. The van der Waals surface area contributed by atoms with Crippen molar-refractivity contribution in [2.24, 2.45) is 0 Å². The van der Waals surface area contributed by atoms with Crippen molar-refractivity contribution >= 4 is 14.8 Å². The van der Waals surface area contributed by atoms with Crippen molar-refractivity contribution in [3.05, 3.63) is 0 Å². The molecule has 0 aromatic rings. The van der Waals surface area contributed by atoms with Crippen LogP contribution in [0, 0.1) is 11.3 Å². The van der Waals surface area contributed by atoms with Crippen molar-refractivity contribution in [3.8, 4) is 6.07 Å². The van der Waals surface area contributed by atoms with E-state index in [0.29, 0.717) is 38.5 Å². The van der Waals surface area contributed by atoms with Crippen molar-refractivity contribution in [3.63, 3.8) is 0 Å². The molecule has 7 nitrogen and oxygen atoms in total. The van der Waals surface area contributed by atoms with Crippen LogP contribution in [0.1, 0.15) is 32.6 Å². The first-order valence-electron chi connectivity index (χ1n) is 7.64. The molecule has 0 aliphatic heterocycles. The molecule has 22 heavy (non-hydrogen) atoms. The molecular formula is C14H29N3O4Si. The average Bonchev–Trinajstić information content (AvgIpc) is 2.55. The molecule has 0 bridgehead atoms. The van der Waals surface area contributed by atoms with Crippen molar-refractivity contribution in [1.82, 2.24) is 10.2 Å². The highest BCUT2D eigenvalue weighted by Gasteiger charge is 2.37. The summed E-state index contributed by atoms with van der Waals surface area (Å²) in [6, 6.07) is 2.58. The summed E-state index contributed by atoms with van der Waals surface area (Å²) in [4.78, 5) is 13.8. The summed E-state index contributed by atoms with van der Waals surface area (Å²) in [5.74, 6) is 0. The number of nitriles is 1. The topological polar surface area (TPSA) is 83.8 Å². The van der Waals surface area contributed by atoms with Gasteiger partial charge >= 0.3 is 14.8 Å². The molecule has 0 saturated heterocycles. The fourth-order valence-corrected chi connectivity index (χ4v) is 3.73. The minimum Gasteiger partial charge on any atom is -0.377 e. The van der Waals surface area contributed by atoms with Gasteiger partial charge in [0.05, 0.1) is 12.5 Å². The van der Waals surface area contributed by atoms with E-state index in [1.54, 1.807) is 26.2 Å². The normalized spacial score (nSPS) is 11.0. The zero-order valence-electron chi connectivity index (χ0n) is 14.2. The molecule has 1 N–H and O–H groups in total. The number of nitrogens with zero attached hydrogens (tertiary/aromatic N) is 2. The third kappa shape index (κ3) is 7.75. The van der Waals surface area contributed by atoms with Gasteiger partial charge in [-0.25, -0.2) is 4.79 Å². The minimum atomic E-state index is -2.60. The Labute approximate surface area is 134 Å². The Hall–Kier alpha value is -1.14. The molecule has 0 aliphatic rings. The number of rotatable bonds is 12. The Morgan fingerprint density at radius 2 is 1.82 bits per heavy atom. The van der Waals surface area contributed by atoms with Gasteiger partial charge in [0.1, 0.15) is 0 Å². The quantitative estimate of drug-likeness (QED) is 0.437. The van der Waals surface area contributed by atoms with E-state index in [0.717, 1.165) is 12.8 Å². The van der Waals surface area contributed by atoms with Crippen molar-refractivity contribution in [2.45, 2.75) is 38.7 Å². The molecular weight excluding hydrogens is 302 g/mol. The first kappa shape index (κ1) is 20.9. The first-order chi connectivity index (χ1) is 10.6. The smallest absolute Gasteiger partial charge is 0.377 e. The molecule has 0 heterocycles. The maximum atomic E-state index is 12.1. The molecule has 0 aromatic heterocycles. The summed E-state index contributed by atoms with van der Waals surface area (Å²) in [5.41, 5.74) is 0. The molecule has 0 radical (unpaired) electrons. The molecule has 0 rings (SSSR count). The zero-order chi connectivity index (χ0) is 16.8. The van der Waals surface area contributed by atoms with Gasteiger partial charge in [0, 0.05) is 47.0 Å². The standard InChI is InChI=1S/C14H29N3O4Si/c1-5-6-10-16-14(18)17(11-7-9-15)12-8-13-22(19-2,20-3)21-4/h5-8,10-13H2,1-4H3,(H,16,18). The summed E-state index contributed by atoms with van der Waals surface area (Å²) in [7, 11) is 2.12. The second-order valence-electron chi connectivity index (χ2n) is 4.88. The summed E-state index contributed by atoms with van der Waals surface area (Å²) in [5, 5.41) is 11.6. The maximum absolute atomic E-state index is 12.1. The molecule has 0 aliphatic carbocycles. The minimum absolute atomic E-state index is 0.122. The molecule has 8 heteroatoms. The summed E-state index contributed by atoms with van der Waals surface area (Å²) >= 11 is 0. The van der Waals surface area contributed by atoms with Crippen LogP contribution in [0.15, 0.2) is 0 Å². The summed E-state index contributed by atoms with van der Waals surface area (Å²) in [6.07, 6.45) is 3.00. The lowest BCUT2D eigenvalue weighted by Crippen LogP contribution is -2.45. The van der Waals surface area contributed by atoms with E-state index in [2.05, 4.69) is 18.3 Å².